The Morgan fingerprint density at radius 2 is 2.10 bits per heavy atom. The fourth-order valence-corrected chi connectivity index (χ4v) is 2.04. The van der Waals surface area contributed by atoms with Crippen molar-refractivity contribution in [1.29, 1.82) is 0 Å². The van der Waals surface area contributed by atoms with Crippen LogP contribution in [0.2, 0.25) is 0 Å². The maximum absolute atomic E-state index is 5.31. The van der Waals surface area contributed by atoms with Crippen molar-refractivity contribution < 1.29 is 8.83 Å². The normalized spacial score (nSPS) is 11.1. The summed E-state index contributed by atoms with van der Waals surface area (Å²) in [6.07, 6.45) is 4.24. The lowest BCUT2D eigenvalue weighted by Crippen LogP contribution is -2.39. The lowest BCUT2D eigenvalue weighted by atomic mass is 10.2. The molecule has 2 aromatic heterocycles. The van der Waals surface area contributed by atoms with E-state index in [2.05, 4.69) is 15.2 Å². The van der Waals surface area contributed by atoms with E-state index in [0.717, 1.165) is 37.0 Å². The Balaban J connectivity index is 0.00000220. The van der Waals surface area contributed by atoms with Crippen molar-refractivity contribution in [2.45, 2.75) is 19.9 Å². The summed E-state index contributed by atoms with van der Waals surface area (Å²) < 4.78 is 10.6. The van der Waals surface area contributed by atoms with Gasteiger partial charge in [0, 0.05) is 39.2 Å². The number of halogens is 1. The van der Waals surface area contributed by atoms with Crippen molar-refractivity contribution >= 4 is 29.9 Å². The van der Waals surface area contributed by atoms with Gasteiger partial charge in [-0.3, -0.25) is 4.99 Å². The van der Waals surface area contributed by atoms with Crippen molar-refractivity contribution in [3.05, 3.63) is 47.8 Å². The first-order chi connectivity index (χ1) is 9.70. The number of furan rings is 2. The molecule has 0 atom stereocenters. The number of rotatable bonds is 5. The molecule has 6 heteroatoms. The fourth-order valence-electron chi connectivity index (χ4n) is 2.04. The second-order valence-electron chi connectivity index (χ2n) is 4.66. The van der Waals surface area contributed by atoms with Crippen LogP contribution in [0.25, 0.3) is 0 Å². The first-order valence-corrected chi connectivity index (χ1v) is 6.68. The highest BCUT2D eigenvalue weighted by Gasteiger charge is 2.09. The van der Waals surface area contributed by atoms with Crippen LogP contribution in [0, 0.1) is 6.92 Å². The number of aliphatic imine (C=N–C) groups is 1. The smallest absolute Gasteiger partial charge is 0.193 e. The maximum atomic E-state index is 5.31. The standard InChI is InChI=1S/C15H21N3O2.HI/c1-12-13(7-10-19-12)11-18(3)15(16-2)17-8-6-14-5-4-9-20-14;/h4-5,7,9-10H,6,8,11H2,1-3H3,(H,16,17);1H. The summed E-state index contributed by atoms with van der Waals surface area (Å²) in [7, 11) is 3.79. The zero-order chi connectivity index (χ0) is 14.4. The van der Waals surface area contributed by atoms with Gasteiger partial charge in [-0.15, -0.1) is 24.0 Å². The van der Waals surface area contributed by atoms with Crippen molar-refractivity contribution in [2.75, 3.05) is 20.6 Å². The van der Waals surface area contributed by atoms with Gasteiger partial charge < -0.3 is 19.1 Å². The molecule has 0 saturated heterocycles. The summed E-state index contributed by atoms with van der Waals surface area (Å²) in [4.78, 5) is 6.36. The lowest BCUT2D eigenvalue weighted by molar-refractivity contribution is 0.459. The third-order valence-electron chi connectivity index (χ3n) is 3.18. The van der Waals surface area contributed by atoms with Crippen LogP contribution in [0.3, 0.4) is 0 Å². The van der Waals surface area contributed by atoms with E-state index in [9.17, 15) is 0 Å². The summed E-state index contributed by atoms with van der Waals surface area (Å²) in [5.74, 6) is 2.78. The fraction of sp³-hybridized carbons (Fsp3) is 0.400. The van der Waals surface area contributed by atoms with Gasteiger partial charge in [-0.05, 0) is 25.1 Å². The molecule has 1 N–H and O–H groups in total. The SMILES string of the molecule is CN=C(NCCc1ccco1)N(C)Cc1ccoc1C.I. The van der Waals surface area contributed by atoms with Crippen LogP contribution in [0.4, 0.5) is 0 Å². The lowest BCUT2D eigenvalue weighted by Gasteiger charge is -2.21. The van der Waals surface area contributed by atoms with Crippen molar-refractivity contribution in [2.24, 2.45) is 4.99 Å². The third-order valence-corrected chi connectivity index (χ3v) is 3.18. The first kappa shape index (κ1) is 17.6. The Bertz CT molecular complexity index is 549. The Morgan fingerprint density at radius 1 is 1.29 bits per heavy atom. The molecule has 0 bridgehead atoms. The molecule has 116 valence electrons. The number of guanidine groups is 1. The highest BCUT2D eigenvalue weighted by Crippen LogP contribution is 2.11. The molecule has 5 nitrogen and oxygen atoms in total. The van der Waals surface area contributed by atoms with Gasteiger partial charge >= 0.3 is 0 Å². The van der Waals surface area contributed by atoms with Gasteiger partial charge in [0.2, 0.25) is 0 Å². The van der Waals surface area contributed by atoms with Crippen LogP contribution in [0.5, 0.6) is 0 Å². The third kappa shape index (κ3) is 5.11. The summed E-state index contributed by atoms with van der Waals surface area (Å²) in [5, 5.41) is 3.32. The largest absolute Gasteiger partial charge is 0.469 e. The minimum Gasteiger partial charge on any atom is -0.469 e. The number of nitrogens with zero attached hydrogens (tertiary/aromatic N) is 2. The molecule has 2 heterocycles. The van der Waals surface area contributed by atoms with E-state index in [1.54, 1.807) is 19.6 Å². The Kier molecular flexibility index (Phi) is 7.35. The maximum Gasteiger partial charge on any atom is 0.193 e. The second kappa shape index (κ2) is 8.76. The van der Waals surface area contributed by atoms with Gasteiger partial charge in [0.15, 0.2) is 5.96 Å². The zero-order valence-corrected chi connectivity index (χ0v) is 15.0. The minimum absolute atomic E-state index is 0. The zero-order valence-electron chi connectivity index (χ0n) is 12.6. The van der Waals surface area contributed by atoms with E-state index in [1.165, 1.54) is 5.56 Å². The molecular weight excluding hydrogens is 381 g/mol. The van der Waals surface area contributed by atoms with Gasteiger partial charge in [-0.25, -0.2) is 0 Å². The molecule has 21 heavy (non-hydrogen) atoms. The molecule has 0 saturated carbocycles. The molecule has 2 aromatic rings. The molecule has 0 aromatic carbocycles. The van der Waals surface area contributed by atoms with Gasteiger partial charge in [0.25, 0.3) is 0 Å². The highest BCUT2D eigenvalue weighted by atomic mass is 127. The van der Waals surface area contributed by atoms with E-state index in [0.29, 0.717) is 0 Å². The van der Waals surface area contributed by atoms with E-state index in [4.69, 9.17) is 8.83 Å². The van der Waals surface area contributed by atoms with Crippen LogP contribution in [0.15, 0.2) is 44.6 Å². The van der Waals surface area contributed by atoms with Crippen LogP contribution >= 0.6 is 24.0 Å². The van der Waals surface area contributed by atoms with E-state index in [-0.39, 0.29) is 24.0 Å². The molecule has 0 aliphatic heterocycles. The highest BCUT2D eigenvalue weighted by molar-refractivity contribution is 14.0. The number of nitrogens with one attached hydrogen (secondary N) is 1. The van der Waals surface area contributed by atoms with Gasteiger partial charge in [0.1, 0.15) is 11.5 Å². The summed E-state index contributed by atoms with van der Waals surface area (Å²) >= 11 is 0. The van der Waals surface area contributed by atoms with Crippen molar-refractivity contribution in [3.63, 3.8) is 0 Å². The molecular formula is C15H22IN3O2. The number of aryl methyl sites for hydroxylation is 1. The predicted octanol–water partition coefficient (Wildman–Crippen LogP) is 3.05. The average Bonchev–Trinajstić information content (AvgIpc) is 3.07. The molecule has 0 aliphatic carbocycles. The Morgan fingerprint density at radius 3 is 2.67 bits per heavy atom. The van der Waals surface area contributed by atoms with E-state index >= 15 is 0 Å². The van der Waals surface area contributed by atoms with E-state index < -0.39 is 0 Å². The number of hydrogen-bond donors (Lipinski definition) is 1. The van der Waals surface area contributed by atoms with Crippen molar-refractivity contribution in [3.8, 4) is 0 Å². The molecule has 0 aliphatic rings. The first-order valence-electron chi connectivity index (χ1n) is 6.68. The minimum atomic E-state index is 0. The topological polar surface area (TPSA) is 53.9 Å². The van der Waals surface area contributed by atoms with E-state index in [1.807, 2.05) is 32.2 Å². The second-order valence-corrected chi connectivity index (χ2v) is 4.66. The molecule has 0 amide bonds. The van der Waals surface area contributed by atoms with Gasteiger partial charge in [0.05, 0.1) is 12.5 Å². The summed E-state index contributed by atoms with van der Waals surface area (Å²) in [6.45, 7) is 3.52. The number of hydrogen-bond acceptors (Lipinski definition) is 3. The molecule has 0 spiro atoms. The molecule has 2 rings (SSSR count). The van der Waals surface area contributed by atoms with Gasteiger partial charge in [-0.1, -0.05) is 0 Å². The Labute approximate surface area is 142 Å². The average molecular weight is 403 g/mol. The molecule has 0 radical (unpaired) electrons. The van der Waals surface area contributed by atoms with Crippen LogP contribution in [-0.2, 0) is 13.0 Å². The molecule has 0 unspecified atom stereocenters. The van der Waals surface area contributed by atoms with Gasteiger partial charge in [-0.2, -0.15) is 0 Å². The van der Waals surface area contributed by atoms with Crippen LogP contribution in [-0.4, -0.2) is 31.5 Å². The Hall–Kier alpha value is -1.44. The quantitative estimate of drug-likeness (QED) is 0.474. The molecule has 0 fully saturated rings. The van der Waals surface area contributed by atoms with Crippen molar-refractivity contribution in [1.82, 2.24) is 10.2 Å². The van der Waals surface area contributed by atoms with Crippen LogP contribution < -0.4 is 5.32 Å². The monoisotopic (exact) mass is 403 g/mol. The summed E-state index contributed by atoms with van der Waals surface area (Å²) in [6, 6.07) is 5.86. The predicted molar refractivity (Wildman–Crippen MR) is 94.1 cm³/mol. The summed E-state index contributed by atoms with van der Waals surface area (Å²) in [5.41, 5.74) is 1.17. The van der Waals surface area contributed by atoms with Crippen LogP contribution in [0.1, 0.15) is 17.1 Å².